The van der Waals surface area contributed by atoms with E-state index in [1.54, 1.807) is 36.4 Å². The van der Waals surface area contributed by atoms with Crippen molar-refractivity contribution >= 4 is 12.0 Å². The maximum absolute atomic E-state index is 11.8. The highest BCUT2D eigenvalue weighted by molar-refractivity contribution is 5.91. The lowest BCUT2D eigenvalue weighted by atomic mass is 10.2. The number of nitrogens with zero attached hydrogens (tertiary/aromatic N) is 1. The van der Waals surface area contributed by atoms with Gasteiger partial charge in [0.15, 0.2) is 0 Å². The summed E-state index contributed by atoms with van der Waals surface area (Å²) in [7, 11) is 1.69. The summed E-state index contributed by atoms with van der Waals surface area (Å²) in [6, 6.07) is 3.37. The smallest absolute Gasteiger partial charge is 0.246 e. The van der Waals surface area contributed by atoms with Gasteiger partial charge in [-0.2, -0.15) is 0 Å². The van der Waals surface area contributed by atoms with Gasteiger partial charge in [-0.3, -0.25) is 4.79 Å². The van der Waals surface area contributed by atoms with E-state index in [4.69, 9.17) is 4.42 Å². The summed E-state index contributed by atoms with van der Waals surface area (Å²) in [5.41, 5.74) is 0. The Kier molecular flexibility index (Phi) is 3.61. The van der Waals surface area contributed by atoms with Gasteiger partial charge in [0.25, 0.3) is 0 Å². The number of furan rings is 1. The Labute approximate surface area is 99.7 Å². The average Bonchev–Trinajstić information content (AvgIpc) is 2.95. The third-order valence-corrected chi connectivity index (χ3v) is 2.93. The van der Waals surface area contributed by atoms with E-state index in [-0.39, 0.29) is 11.9 Å². The van der Waals surface area contributed by atoms with Crippen LogP contribution in [0.25, 0.3) is 6.08 Å². The molecule has 2 heterocycles. The van der Waals surface area contributed by atoms with E-state index >= 15 is 0 Å². The number of β-amino-alcohol motifs (C(OH)–C–C–N with tert-alkyl or cyclic N) is 1. The lowest BCUT2D eigenvalue weighted by Gasteiger charge is -2.25. The third-order valence-electron chi connectivity index (χ3n) is 2.93. The van der Waals surface area contributed by atoms with E-state index in [2.05, 4.69) is 5.32 Å². The van der Waals surface area contributed by atoms with Crippen LogP contribution < -0.4 is 5.32 Å². The van der Waals surface area contributed by atoms with Crippen molar-refractivity contribution in [1.82, 2.24) is 10.2 Å². The van der Waals surface area contributed by atoms with Crippen LogP contribution in [0.4, 0.5) is 0 Å². The summed E-state index contributed by atoms with van der Waals surface area (Å²) in [6.45, 7) is 1.15. The zero-order valence-corrected chi connectivity index (χ0v) is 9.67. The van der Waals surface area contributed by atoms with Crippen molar-refractivity contribution < 1.29 is 14.3 Å². The van der Waals surface area contributed by atoms with Gasteiger partial charge in [-0.15, -0.1) is 0 Å². The maximum Gasteiger partial charge on any atom is 0.246 e. The molecule has 1 aliphatic heterocycles. The first-order valence-corrected chi connectivity index (χ1v) is 5.55. The fourth-order valence-corrected chi connectivity index (χ4v) is 1.87. The normalized spacial score (nSPS) is 24.4. The Balaban J connectivity index is 1.95. The van der Waals surface area contributed by atoms with Crippen molar-refractivity contribution in [3.05, 3.63) is 30.2 Å². The standard InChI is InChI=1S/C12H16N2O3/c1-14(10-7-13-8-11(10)15)12(16)5-4-9-3-2-6-17-9/h2-6,10-11,13,15H,7-8H2,1H3/b5-4+/t10-,11-/m1/s1. The zero-order valence-electron chi connectivity index (χ0n) is 9.67. The molecule has 1 fully saturated rings. The topological polar surface area (TPSA) is 65.7 Å². The number of amides is 1. The summed E-state index contributed by atoms with van der Waals surface area (Å²) in [5, 5.41) is 12.7. The number of hydrogen-bond acceptors (Lipinski definition) is 4. The van der Waals surface area contributed by atoms with Crippen molar-refractivity contribution in [2.45, 2.75) is 12.1 Å². The van der Waals surface area contributed by atoms with Crippen LogP contribution in [-0.2, 0) is 4.79 Å². The largest absolute Gasteiger partial charge is 0.465 e. The first-order valence-electron chi connectivity index (χ1n) is 5.55. The highest BCUT2D eigenvalue weighted by Crippen LogP contribution is 2.09. The Hall–Kier alpha value is -1.59. The van der Waals surface area contributed by atoms with Gasteiger partial charge >= 0.3 is 0 Å². The number of nitrogens with one attached hydrogen (secondary N) is 1. The van der Waals surface area contributed by atoms with Crippen molar-refractivity contribution in [1.29, 1.82) is 0 Å². The van der Waals surface area contributed by atoms with Crippen molar-refractivity contribution in [3.63, 3.8) is 0 Å². The number of aliphatic hydroxyl groups is 1. The van der Waals surface area contributed by atoms with Crippen LogP contribution in [0, 0.1) is 0 Å². The number of rotatable bonds is 3. The van der Waals surface area contributed by atoms with E-state index in [1.807, 2.05) is 0 Å². The van der Waals surface area contributed by atoms with Crippen molar-refractivity contribution in [3.8, 4) is 0 Å². The molecule has 1 aromatic heterocycles. The second kappa shape index (κ2) is 5.16. The molecule has 0 unspecified atom stereocenters. The summed E-state index contributed by atoms with van der Waals surface area (Å²) in [5.74, 6) is 0.492. The molecule has 0 bridgehead atoms. The van der Waals surface area contributed by atoms with Crippen LogP contribution in [0.15, 0.2) is 28.9 Å². The SMILES string of the molecule is CN(C(=O)/C=C/c1ccco1)[C@@H]1CNC[C@H]1O. The molecule has 1 aliphatic rings. The van der Waals surface area contributed by atoms with Gasteiger partial charge in [-0.05, 0) is 18.2 Å². The lowest BCUT2D eigenvalue weighted by Crippen LogP contribution is -2.43. The first-order chi connectivity index (χ1) is 8.18. The van der Waals surface area contributed by atoms with Gasteiger partial charge in [0.05, 0.1) is 18.4 Å². The molecule has 2 rings (SSSR count). The highest BCUT2D eigenvalue weighted by Gasteiger charge is 2.30. The minimum Gasteiger partial charge on any atom is -0.465 e. The second-order valence-electron chi connectivity index (χ2n) is 4.09. The molecule has 1 aromatic rings. The molecule has 1 saturated heterocycles. The second-order valence-corrected chi connectivity index (χ2v) is 4.09. The molecule has 1 amide bonds. The van der Waals surface area contributed by atoms with E-state index in [0.717, 1.165) is 0 Å². The maximum atomic E-state index is 11.8. The fraction of sp³-hybridized carbons (Fsp3) is 0.417. The molecule has 5 nitrogen and oxygen atoms in total. The third kappa shape index (κ3) is 2.75. The minimum atomic E-state index is -0.499. The van der Waals surface area contributed by atoms with Crippen LogP contribution in [0.1, 0.15) is 5.76 Å². The van der Waals surface area contributed by atoms with Gasteiger partial charge in [-0.1, -0.05) is 0 Å². The molecule has 0 radical (unpaired) electrons. The summed E-state index contributed by atoms with van der Waals surface area (Å²) >= 11 is 0. The van der Waals surface area contributed by atoms with E-state index in [1.165, 1.54) is 6.08 Å². The molecule has 2 N–H and O–H groups in total. The van der Waals surface area contributed by atoms with Gasteiger partial charge in [0.1, 0.15) is 5.76 Å². The molecule has 0 aliphatic carbocycles. The van der Waals surface area contributed by atoms with Gasteiger partial charge in [0, 0.05) is 26.2 Å². The molecule has 5 heteroatoms. The summed E-state index contributed by atoms with van der Waals surface area (Å²) in [6.07, 6.45) is 4.12. The summed E-state index contributed by atoms with van der Waals surface area (Å²) < 4.78 is 5.09. The van der Waals surface area contributed by atoms with Crippen LogP contribution in [0.2, 0.25) is 0 Å². The minimum absolute atomic E-state index is 0.144. The van der Waals surface area contributed by atoms with Crippen LogP contribution in [0.3, 0.4) is 0 Å². The Morgan fingerprint density at radius 2 is 2.47 bits per heavy atom. The Morgan fingerprint density at radius 1 is 1.65 bits per heavy atom. The molecule has 0 spiro atoms. The number of aliphatic hydroxyl groups excluding tert-OH is 1. The Bertz CT molecular complexity index is 400. The molecular formula is C12H16N2O3. The highest BCUT2D eigenvalue weighted by atomic mass is 16.3. The molecule has 0 aromatic carbocycles. The van der Waals surface area contributed by atoms with E-state index < -0.39 is 6.10 Å². The number of likely N-dealkylation sites (N-methyl/N-ethyl adjacent to an activating group) is 1. The average molecular weight is 236 g/mol. The first kappa shape index (κ1) is 11.9. The van der Waals surface area contributed by atoms with E-state index in [0.29, 0.717) is 18.8 Å². The molecular weight excluding hydrogens is 220 g/mol. The molecule has 17 heavy (non-hydrogen) atoms. The van der Waals surface area contributed by atoms with Crippen molar-refractivity contribution in [2.75, 3.05) is 20.1 Å². The number of carbonyl (C=O) groups is 1. The van der Waals surface area contributed by atoms with Crippen LogP contribution in [-0.4, -0.2) is 48.2 Å². The zero-order chi connectivity index (χ0) is 12.3. The predicted molar refractivity (Wildman–Crippen MR) is 63.2 cm³/mol. The molecule has 92 valence electrons. The Morgan fingerprint density at radius 3 is 3.06 bits per heavy atom. The number of hydrogen-bond donors (Lipinski definition) is 2. The lowest BCUT2D eigenvalue weighted by molar-refractivity contribution is -0.127. The quantitative estimate of drug-likeness (QED) is 0.730. The van der Waals surface area contributed by atoms with Gasteiger partial charge in [-0.25, -0.2) is 0 Å². The fourth-order valence-electron chi connectivity index (χ4n) is 1.87. The van der Waals surface area contributed by atoms with Gasteiger partial charge < -0.3 is 19.7 Å². The predicted octanol–water partition coefficient (Wildman–Crippen LogP) is 0.0839. The van der Waals surface area contributed by atoms with Crippen molar-refractivity contribution in [2.24, 2.45) is 0 Å². The summed E-state index contributed by atoms with van der Waals surface area (Å²) in [4.78, 5) is 13.4. The van der Waals surface area contributed by atoms with Crippen LogP contribution >= 0.6 is 0 Å². The van der Waals surface area contributed by atoms with Crippen LogP contribution in [0.5, 0.6) is 0 Å². The molecule has 2 atom stereocenters. The van der Waals surface area contributed by atoms with Gasteiger partial charge in [0.2, 0.25) is 5.91 Å². The molecule has 0 saturated carbocycles. The van der Waals surface area contributed by atoms with E-state index in [9.17, 15) is 9.90 Å². The monoisotopic (exact) mass is 236 g/mol. The number of carbonyl (C=O) groups excluding carboxylic acids is 1.